The fourth-order valence-electron chi connectivity index (χ4n) is 3.43. The molecule has 2 aliphatic rings. The van der Waals surface area contributed by atoms with Crippen molar-refractivity contribution in [1.82, 2.24) is 0 Å². The maximum atomic E-state index is 11.2. The van der Waals surface area contributed by atoms with E-state index in [0.29, 0.717) is 11.8 Å². The average Bonchev–Trinajstić information content (AvgIpc) is 2.97. The monoisotopic (exact) mass is 262 g/mol. The van der Waals surface area contributed by atoms with Gasteiger partial charge in [-0.2, -0.15) is 0 Å². The van der Waals surface area contributed by atoms with Crippen molar-refractivity contribution in [1.29, 1.82) is 0 Å². The summed E-state index contributed by atoms with van der Waals surface area (Å²) in [7, 11) is 0. The predicted octanol–water partition coefficient (Wildman–Crippen LogP) is 3.77. The third kappa shape index (κ3) is 2.16. The molecule has 96 valence electrons. The number of thioether (sulfide) groups is 1. The highest BCUT2D eigenvalue weighted by molar-refractivity contribution is 7.99. The van der Waals surface area contributed by atoms with Gasteiger partial charge in [0.2, 0.25) is 0 Å². The van der Waals surface area contributed by atoms with E-state index in [0.717, 1.165) is 31.4 Å². The Morgan fingerprint density at radius 2 is 2.17 bits per heavy atom. The normalized spacial score (nSPS) is 30.3. The lowest BCUT2D eigenvalue weighted by atomic mass is 9.84. The minimum Gasteiger partial charge on any atom is -0.481 e. The first kappa shape index (κ1) is 12.1. The quantitative estimate of drug-likeness (QED) is 0.901. The molecule has 0 radical (unpaired) electrons. The molecule has 3 heteroatoms. The molecular formula is C15H18O2S. The minimum atomic E-state index is -0.587. The van der Waals surface area contributed by atoms with Crippen LogP contribution in [-0.4, -0.2) is 16.8 Å². The summed E-state index contributed by atoms with van der Waals surface area (Å²) < 4.78 is 0. The molecule has 18 heavy (non-hydrogen) atoms. The number of fused-ring (bicyclic) bond motifs is 1. The van der Waals surface area contributed by atoms with Gasteiger partial charge in [-0.1, -0.05) is 24.6 Å². The number of rotatable bonds is 3. The molecule has 0 spiro atoms. The Labute approximate surface area is 112 Å². The van der Waals surface area contributed by atoms with Gasteiger partial charge in [0.05, 0.1) is 5.92 Å². The summed E-state index contributed by atoms with van der Waals surface area (Å²) in [5.41, 5.74) is 1.44. The fraction of sp³-hybridized carbons (Fsp3) is 0.533. The van der Waals surface area contributed by atoms with E-state index in [4.69, 9.17) is 0 Å². The average molecular weight is 262 g/mol. The molecule has 1 aliphatic carbocycles. The third-order valence-electron chi connectivity index (χ3n) is 4.36. The van der Waals surface area contributed by atoms with Crippen molar-refractivity contribution in [2.75, 3.05) is 5.75 Å². The Kier molecular flexibility index (Phi) is 3.33. The summed E-state index contributed by atoms with van der Waals surface area (Å²) in [5.74, 6) is 1.40. The third-order valence-corrected chi connectivity index (χ3v) is 5.61. The lowest BCUT2D eigenvalue weighted by molar-refractivity contribution is -0.143. The van der Waals surface area contributed by atoms with Crippen LogP contribution in [0.1, 0.15) is 37.2 Å². The summed E-state index contributed by atoms with van der Waals surface area (Å²) in [5, 5.41) is 9.25. The zero-order chi connectivity index (χ0) is 12.5. The Hall–Kier alpha value is -0.960. The van der Waals surface area contributed by atoms with Gasteiger partial charge in [-0.15, -0.1) is 11.8 Å². The largest absolute Gasteiger partial charge is 0.481 e. The van der Waals surface area contributed by atoms with Crippen LogP contribution in [0.2, 0.25) is 0 Å². The number of carboxylic acids is 1. The van der Waals surface area contributed by atoms with Crippen molar-refractivity contribution in [3.05, 3.63) is 29.8 Å². The molecule has 0 saturated heterocycles. The van der Waals surface area contributed by atoms with Gasteiger partial charge in [0.25, 0.3) is 0 Å². The molecule has 3 rings (SSSR count). The molecule has 1 aromatic carbocycles. The van der Waals surface area contributed by atoms with E-state index < -0.39 is 5.97 Å². The summed E-state index contributed by atoms with van der Waals surface area (Å²) in [4.78, 5) is 12.6. The van der Waals surface area contributed by atoms with Gasteiger partial charge in [0.1, 0.15) is 0 Å². The van der Waals surface area contributed by atoms with E-state index in [9.17, 15) is 9.90 Å². The van der Waals surface area contributed by atoms with E-state index in [-0.39, 0.29) is 5.92 Å². The summed E-state index contributed by atoms with van der Waals surface area (Å²) in [6.45, 7) is 0. The number of carbonyl (C=O) groups is 1. The molecule has 0 aromatic heterocycles. The highest BCUT2D eigenvalue weighted by Crippen LogP contribution is 2.46. The number of hydrogen-bond acceptors (Lipinski definition) is 2. The molecule has 1 N–H and O–H groups in total. The van der Waals surface area contributed by atoms with E-state index in [1.807, 2.05) is 11.8 Å². The predicted molar refractivity (Wildman–Crippen MR) is 73.0 cm³/mol. The van der Waals surface area contributed by atoms with Crippen LogP contribution in [0, 0.1) is 11.8 Å². The smallest absolute Gasteiger partial charge is 0.306 e. The van der Waals surface area contributed by atoms with Crippen molar-refractivity contribution in [2.24, 2.45) is 11.8 Å². The van der Waals surface area contributed by atoms with Crippen molar-refractivity contribution in [3.63, 3.8) is 0 Å². The van der Waals surface area contributed by atoms with E-state index in [1.54, 1.807) is 0 Å². The Bertz CT molecular complexity index is 458. The summed E-state index contributed by atoms with van der Waals surface area (Å²) in [6, 6.07) is 8.58. The Balaban J connectivity index is 1.73. The number of benzene rings is 1. The maximum Gasteiger partial charge on any atom is 0.306 e. The zero-order valence-electron chi connectivity index (χ0n) is 10.3. The topological polar surface area (TPSA) is 37.3 Å². The van der Waals surface area contributed by atoms with Crippen LogP contribution in [0.4, 0.5) is 0 Å². The fourth-order valence-corrected chi connectivity index (χ4v) is 4.71. The van der Waals surface area contributed by atoms with Crippen LogP contribution in [-0.2, 0) is 4.79 Å². The van der Waals surface area contributed by atoms with Crippen LogP contribution in [0.15, 0.2) is 29.2 Å². The molecule has 1 fully saturated rings. The number of hydrogen-bond donors (Lipinski definition) is 1. The van der Waals surface area contributed by atoms with Gasteiger partial charge in [-0.3, -0.25) is 4.79 Å². The van der Waals surface area contributed by atoms with Crippen molar-refractivity contribution in [3.8, 4) is 0 Å². The Morgan fingerprint density at radius 3 is 3.00 bits per heavy atom. The minimum absolute atomic E-state index is 0.0947. The van der Waals surface area contributed by atoms with Gasteiger partial charge in [0.15, 0.2) is 0 Å². The Morgan fingerprint density at radius 1 is 1.33 bits per heavy atom. The van der Waals surface area contributed by atoms with Crippen molar-refractivity contribution in [2.45, 2.75) is 36.5 Å². The van der Waals surface area contributed by atoms with Crippen LogP contribution in [0.25, 0.3) is 0 Å². The van der Waals surface area contributed by atoms with E-state index in [1.165, 1.54) is 10.5 Å². The molecule has 0 bridgehead atoms. The molecule has 1 heterocycles. The SMILES string of the molecule is O=C(O)C1CCCC1CC1CSc2ccccc21. The molecule has 0 amide bonds. The second kappa shape index (κ2) is 4.96. The summed E-state index contributed by atoms with van der Waals surface area (Å²) >= 11 is 1.92. The lowest BCUT2D eigenvalue weighted by Crippen LogP contribution is -2.20. The van der Waals surface area contributed by atoms with Gasteiger partial charge in [-0.25, -0.2) is 0 Å². The van der Waals surface area contributed by atoms with Gasteiger partial charge < -0.3 is 5.11 Å². The van der Waals surface area contributed by atoms with Crippen molar-refractivity contribution >= 4 is 17.7 Å². The van der Waals surface area contributed by atoms with Crippen molar-refractivity contribution < 1.29 is 9.90 Å². The zero-order valence-corrected chi connectivity index (χ0v) is 11.2. The molecular weight excluding hydrogens is 244 g/mol. The first-order valence-corrected chi connectivity index (χ1v) is 7.69. The second-order valence-electron chi connectivity index (χ2n) is 5.42. The highest BCUT2D eigenvalue weighted by Gasteiger charge is 2.36. The lowest BCUT2D eigenvalue weighted by Gasteiger charge is -2.20. The van der Waals surface area contributed by atoms with Crippen LogP contribution < -0.4 is 0 Å². The van der Waals surface area contributed by atoms with Gasteiger partial charge >= 0.3 is 5.97 Å². The van der Waals surface area contributed by atoms with Crippen LogP contribution in [0.3, 0.4) is 0 Å². The first-order chi connectivity index (χ1) is 8.75. The standard InChI is InChI=1S/C15H18O2S/c16-15(17)13-6-3-4-10(13)8-11-9-18-14-7-2-1-5-12(11)14/h1-2,5,7,10-11,13H,3-4,6,8-9H2,(H,16,17). The second-order valence-corrected chi connectivity index (χ2v) is 6.48. The first-order valence-electron chi connectivity index (χ1n) is 6.70. The number of aliphatic carboxylic acids is 1. The van der Waals surface area contributed by atoms with Gasteiger partial charge in [-0.05, 0) is 42.7 Å². The maximum absolute atomic E-state index is 11.2. The van der Waals surface area contributed by atoms with Crippen LogP contribution in [0.5, 0.6) is 0 Å². The molecule has 1 saturated carbocycles. The molecule has 3 unspecified atom stereocenters. The highest BCUT2D eigenvalue weighted by atomic mass is 32.2. The molecule has 1 aromatic rings. The molecule has 2 nitrogen and oxygen atoms in total. The van der Waals surface area contributed by atoms with Gasteiger partial charge in [0, 0.05) is 10.6 Å². The van der Waals surface area contributed by atoms with E-state index in [2.05, 4.69) is 24.3 Å². The molecule has 1 aliphatic heterocycles. The summed E-state index contributed by atoms with van der Waals surface area (Å²) in [6.07, 6.45) is 4.12. The van der Waals surface area contributed by atoms with E-state index >= 15 is 0 Å². The van der Waals surface area contributed by atoms with Crippen LogP contribution >= 0.6 is 11.8 Å². The molecule has 3 atom stereocenters. The number of carboxylic acid groups (broad SMARTS) is 1.